The Hall–Kier alpha value is -0.520. The molecular formula is C10H16F2N2S. The second kappa shape index (κ2) is 5.53. The van der Waals surface area contributed by atoms with Crippen LogP contribution in [0.5, 0.6) is 0 Å². The molecule has 86 valence electrons. The number of nitrogens with two attached hydrogens (primary N) is 1. The predicted molar refractivity (Wildman–Crippen MR) is 59.3 cm³/mol. The van der Waals surface area contributed by atoms with Gasteiger partial charge in [0.1, 0.15) is 0 Å². The molecule has 1 heterocycles. The van der Waals surface area contributed by atoms with Crippen LogP contribution in [0, 0.1) is 0 Å². The lowest BCUT2D eigenvalue weighted by Gasteiger charge is -2.30. The van der Waals surface area contributed by atoms with Crippen molar-refractivity contribution in [2.75, 3.05) is 13.6 Å². The molecule has 1 rings (SSSR count). The van der Waals surface area contributed by atoms with Gasteiger partial charge in [0.2, 0.25) is 0 Å². The van der Waals surface area contributed by atoms with Gasteiger partial charge < -0.3 is 5.73 Å². The van der Waals surface area contributed by atoms with Crippen molar-refractivity contribution >= 4 is 11.3 Å². The van der Waals surface area contributed by atoms with Gasteiger partial charge in [-0.15, -0.1) is 0 Å². The first-order chi connectivity index (χ1) is 7.02. The smallest absolute Gasteiger partial charge is 0.251 e. The molecule has 0 aliphatic heterocycles. The minimum Gasteiger partial charge on any atom is -0.326 e. The molecule has 1 aromatic heterocycles. The molecule has 15 heavy (non-hydrogen) atoms. The molecule has 2 atom stereocenters. The van der Waals surface area contributed by atoms with Gasteiger partial charge >= 0.3 is 0 Å². The first-order valence-corrected chi connectivity index (χ1v) is 5.72. The average molecular weight is 234 g/mol. The van der Waals surface area contributed by atoms with Crippen molar-refractivity contribution in [1.82, 2.24) is 4.90 Å². The minimum absolute atomic E-state index is 0.134. The summed E-state index contributed by atoms with van der Waals surface area (Å²) in [5.74, 6) is 0. The van der Waals surface area contributed by atoms with E-state index in [1.165, 1.54) is 0 Å². The average Bonchev–Trinajstić information content (AvgIpc) is 2.54. The second-order valence-corrected chi connectivity index (χ2v) is 4.47. The topological polar surface area (TPSA) is 29.3 Å². The van der Waals surface area contributed by atoms with Gasteiger partial charge in [0.25, 0.3) is 6.43 Å². The van der Waals surface area contributed by atoms with Crippen LogP contribution in [0.2, 0.25) is 0 Å². The van der Waals surface area contributed by atoms with Crippen LogP contribution in [0.1, 0.15) is 18.5 Å². The molecule has 0 saturated heterocycles. The molecule has 0 aliphatic rings. The number of alkyl halides is 2. The van der Waals surface area contributed by atoms with Gasteiger partial charge in [-0.1, -0.05) is 0 Å². The molecule has 0 saturated carbocycles. The second-order valence-electron chi connectivity index (χ2n) is 3.69. The maximum absolute atomic E-state index is 12.3. The Balaban J connectivity index is 2.74. The van der Waals surface area contributed by atoms with Crippen molar-refractivity contribution in [3.05, 3.63) is 22.4 Å². The van der Waals surface area contributed by atoms with Crippen molar-refractivity contribution in [2.45, 2.75) is 25.4 Å². The van der Waals surface area contributed by atoms with Crippen molar-refractivity contribution < 1.29 is 8.78 Å². The summed E-state index contributed by atoms with van der Waals surface area (Å²) in [6.07, 6.45) is -2.32. The van der Waals surface area contributed by atoms with E-state index in [0.717, 1.165) is 5.56 Å². The maximum atomic E-state index is 12.3. The van der Waals surface area contributed by atoms with E-state index in [2.05, 4.69) is 0 Å². The molecule has 1 aromatic rings. The fourth-order valence-electron chi connectivity index (χ4n) is 1.73. The molecule has 2 unspecified atom stereocenters. The Morgan fingerprint density at radius 3 is 2.60 bits per heavy atom. The standard InChI is InChI=1S/C10H16F2N2S/c1-7(13)10(8-3-4-15-6-8)14(2)5-9(11)12/h3-4,6-7,9-10H,5,13H2,1-2H3. The third-order valence-corrected chi connectivity index (χ3v) is 2.99. The highest BCUT2D eigenvalue weighted by atomic mass is 32.1. The van der Waals surface area contributed by atoms with Crippen LogP contribution in [-0.2, 0) is 0 Å². The van der Waals surface area contributed by atoms with Gasteiger partial charge in [-0.05, 0) is 36.4 Å². The van der Waals surface area contributed by atoms with E-state index in [-0.39, 0.29) is 18.6 Å². The lowest BCUT2D eigenvalue weighted by molar-refractivity contribution is 0.0756. The molecule has 2 N–H and O–H groups in total. The van der Waals surface area contributed by atoms with Crippen molar-refractivity contribution in [3.63, 3.8) is 0 Å². The van der Waals surface area contributed by atoms with Gasteiger partial charge in [0, 0.05) is 6.04 Å². The molecule has 0 bridgehead atoms. The van der Waals surface area contributed by atoms with Crippen LogP contribution in [-0.4, -0.2) is 31.0 Å². The van der Waals surface area contributed by atoms with Crippen LogP contribution < -0.4 is 5.73 Å². The van der Waals surface area contributed by atoms with Crippen LogP contribution in [0.3, 0.4) is 0 Å². The fourth-order valence-corrected chi connectivity index (χ4v) is 2.42. The van der Waals surface area contributed by atoms with E-state index in [0.29, 0.717) is 0 Å². The van der Waals surface area contributed by atoms with E-state index >= 15 is 0 Å². The highest BCUT2D eigenvalue weighted by Gasteiger charge is 2.23. The zero-order valence-corrected chi connectivity index (χ0v) is 9.68. The van der Waals surface area contributed by atoms with E-state index in [1.54, 1.807) is 23.3 Å². The number of hydrogen-bond acceptors (Lipinski definition) is 3. The Morgan fingerprint density at radius 2 is 2.20 bits per heavy atom. The largest absolute Gasteiger partial charge is 0.326 e. The SMILES string of the molecule is CC(N)C(c1ccsc1)N(C)CC(F)F. The number of rotatable bonds is 5. The lowest BCUT2D eigenvalue weighted by atomic mass is 10.0. The lowest BCUT2D eigenvalue weighted by Crippen LogP contribution is -2.39. The third-order valence-electron chi connectivity index (χ3n) is 2.28. The van der Waals surface area contributed by atoms with Crippen LogP contribution >= 0.6 is 11.3 Å². The number of halogens is 2. The molecular weight excluding hydrogens is 218 g/mol. The van der Waals surface area contributed by atoms with Gasteiger partial charge in [0.15, 0.2) is 0 Å². The number of hydrogen-bond donors (Lipinski definition) is 1. The number of nitrogens with zero attached hydrogens (tertiary/aromatic N) is 1. The van der Waals surface area contributed by atoms with Crippen LogP contribution in [0.4, 0.5) is 8.78 Å². The first-order valence-electron chi connectivity index (χ1n) is 4.78. The summed E-state index contributed by atoms with van der Waals surface area (Å²) in [5.41, 5.74) is 6.83. The molecule has 2 nitrogen and oxygen atoms in total. The molecule has 0 aliphatic carbocycles. The summed E-state index contributed by atoms with van der Waals surface area (Å²) in [6.45, 7) is 1.59. The summed E-state index contributed by atoms with van der Waals surface area (Å²) < 4.78 is 24.5. The summed E-state index contributed by atoms with van der Waals surface area (Å²) in [4.78, 5) is 1.61. The fraction of sp³-hybridized carbons (Fsp3) is 0.600. The van der Waals surface area contributed by atoms with E-state index in [4.69, 9.17) is 5.73 Å². The first kappa shape index (κ1) is 12.5. The Bertz CT molecular complexity index is 275. The molecule has 0 aromatic carbocycles. The Labute approximate surface area is 92.7 Å². The van der Waals surface area contributed by atoms with E-state index < -0.39 is 6.43 Å². The van der Waals surface area contributed by atoms with Gasteiger partial charge in [-0.2, -0.15) is 11.3 Å². The predicted octanol–water partition coefficient (Wildman–Crippen LogP) is 2.33. The Morgan fingerprint density at radius 1 is 1.53 bits per heavy atom. The molecule has 0 radical (unpaired) electrons. The molecule has 5 heteroatoms. The zero-order valence-electron chi connectivity index (χ0n) is 8.86. The van der Waals surface area contributed by atoms with Crippen LogP contribution in [0.15, 0.2) is 16.8 Å². The molecule has 0 spiro atoms. The van der Waals surface area contributed by atoms with Crippen LogP contribution in [0.25, 0.3) is 0 Å². The highest BCUT2D eigenvalue weighted by molar-refractivity contribution is 7.07. The van der Waals surface area contributed by atoms with Crippen molar-refractivity contribution in [1.29, 1.82) is 0 Å². The molecule has 0 amide bonds. The summed E-state index contributed by atoms with van der Waals surface area (Å²) in [6, 6.07) is 1.63. The highest BCUT2D eigenvalue weighted by Crippen LogP contribution is 2.24. The minimum atomic E-state index is -2.32. The van der Waals surface area contributed by atoms with Gasteiger partial charge in [-0.3, -0.25) is 4.90 Å². The molecule has 0 fully saturated rings. The Kier molecular flexibility index (Phi) is 4.63. The quantitative estimate of drug-likeness (QED) is 0.847. The van der Waals surface area contributed by atoms with Gasteiger partial charge in [-0.25, -0.2) is 8.78 Å². The number of likely N-dealkylation sites (N-methyl/N-ethyl adjacent to an activating group) is 1. The normalized spacial score (nSPS) is 15.9. The zero-order chi connectivity index (χ0) is 11.4. The summed E-state index contributed by atoms with van der Waals surface area (Å²) in [5, 5.41) is 3.89. The summed E-state index contributed by atoms with van der Waals surface area (Å²) >= 11 is 1.55. The monoisotopic (exact) mass is 234 g/mol. The van der Waals surface area contributed by atoms with Gasteiger partial charge in [0.05, 0.1) is 12.6 Å². The maximum Gasteiger partial charge on any atom is 0.251 e. The summed E-state index contributed by atoms with van der Waals surface area (Å²) in [7, 11) is 1.68. The van der Waals surface area contributed by atoms with Crippen molar-refractivity contribution in [2.24, 2.45) is 5.73 Å². The van der Waals surface area contributed by atoms with Crippen molar-refractivity contribution in [3.8, 4) is 0 Å². The third kappa shape index (κ3) is 3.52. The number of thiophene rings is 1. The van der Waals surface area contributed by atoms with E-state index in [9.17, 15) is 8.78 Å². The van der Waals surface area contributed by atoms with E-state index in [1.807, 2.05) is 23.8 Å².